The number of nitrogens with zero attached hydrogens (tertiary/aromatic N) is 2. The number of hydrogen-bond donors (Lipinski definition) is 0. The van der Waals surface area contributed by atoms with Crippen LogP contribution >= 0.6 is 24.0 Å². The average molecular weight is 455 g/mol. The van der Waals surface area contributed by atoms with Crippen LogP contribution in [0.3, 0.4) is 0 Å². The lowest BCUT2D eigenvalue weighted by Crippen LogP contribution is -2.49. The highest BCUT2D eigenvalue weighted by atomic mass is 35.5. The van der Waals surface area contributed by atoms with E-state index in [4.69, 9.17) is 11.6 Å². The Morgan fingerprint density at radius 2 is 1.71 bits per heavy atom. The molecule has 0 saturated carbocycles. The Balaban J connectivity index is 0.00000280. The normalized spacial score (nSPS) is 19.2. The summed E-state index contributed by atoms with van der Waals surface area (Å²) in [6, 6.07) is 11.1. The largest absolute Gasteiger partial charge is 0.417 e. The highest BCUT2D eigenvalue weighted by Gasteiger charge is 2.42. The third kappa shape index (κ3) is 4.63. The zero-order valence-electron chi connectivity index (χ0n) is 14.9. The lowest BCUT2D eigenvalue weighted by molar-refractivity contribution is -0.139. The molecule has 0 N–H and O–H groups in total. The maximum absolute atomic E-state index is 13.5. The first-order valence-electron chi connectivity index (χ1n) is 8.23. The molecule has 1 unspecified atom stereocenters. The zero-order chi connectivity index (χ0) is 19.8. The van der Waals surface area contributed by atoms with E-state index in [0.717, 1.165) is 22.0 Å². The molecule has 0 aliphatic carbocycles. The number of benzene rings is 2. The second kappa shape index (κ2) is 8.59. The van der Waals surface area contributed by atoms with Crippen LogP contribution in [0.15, 0.2) is 53.4 Å². The minimum absolute atomic E-state index is 0. The number of piperazine rings is 1. The van der Waals surface area contributed by atoms with Crippen LogP contribution in [0.2, 0.25) is 5.02 Å². The molecule has 1 atom stereocenters. The molecular weight excluding hydrogens is 436 g/mol. The monoisotopic (exact) mass is 454 g/mol. The van der Waals surface area contributed by atoms with Crippen LogP contribution in [-0.2, 0) is 16.2 Å². The summed E-state index contributed by atoms with van der Waals surface area (Å²) < 4.78 is 68.0. The molecule has 10 heteroatoms. The summed E-state index contributed by atoms with van der Waals surface area (Å²) in [6.07, 6.45) is -4.83. The first-order chi connectivity index (χ1) is 12.6. The highest BCUT2D eigenvalue weighted by molar-refractivity contribution is 7.89. The van der Waals surface area contributed by atoms with Gasteiger partial charge in [0.15, 0.2) is 0 Å². The number of likely N-dealkylation sites (N-methyl/N-ethyl adjacent to an activating group) is 1. The smallest absolute Gasteiger partial charge is 0.303 e. The summed E-state index contributed by atoms with van der Waals surface area (Å²) in [5, 5.41) is -0.167. The standard InChI is InChI=1S/C18H18ClF3N2O2S.ClH/c1-23-9-10-24(16(12-23)13-5-3-2-4-6-13)27(25,26)17-8-7-14(19)11-15(17)18(20,21)22;/h2-8,11,16H,9-10,12H2,1H3;1H. The number of alkyl halides is 3. The van der Waals surface area contributed by atoms with E-state index in [1.54, 1.807) is 30.3 Å². The van der Waals surface area contributed by atoms with Crippen molar-refractivity contribution >= 4 is 34.0 Å². The molecule has 1 aliphatic heterocycles. The molecule has 0 amide bonds. The van der Waals surface area contributed by atoms with Crippen LogP contribution < -0.4 is 0 Å². The number of hydrogen-bond acceptors (Lipinski definition) is 3. The summed E-state index contributed by atoms with van der Waals surface area (Å²) in [6.45, 7) is 0.911. The molecule has 1 fully saturated rings. The van der Waals surface area contributed by atoms with Crippen molar-refractivity contribution in [3.63, 3.8) is 0 Å². The minimum atomic E-state index is -4.83. The van der Waals surface area contributed by atoms with Crippen molar-refractivity contribution in [2.45, 2.75) is 17.1 Å². The molecule has 1 aliphatic rings. The molecule has 154 valence electrons. The van der Waals surface area contributed by atoms with Crippen LogP contribution in [0.1, 0.15) is 17.2 Å². The molecule has 4 nitrogen and oxygen atoms in total. The van der Waals surface area contributed by atoms with Gasteiger partial charge >= 0.3 is 6.18 Å². The molecule has 0 spiro atoms. The lowest BCUT2D eigenvalue weighted by Gasteiger charge is -2.39. The SMILES string of the molecule is CN1CCN(S(=O)(=O)c2ccc(Cl)cc2C(F)(F)F)C(c2ccccc2)C1.Cl. The highest BCUT2D eigenvalue weighted by Crippen LogP contribution is 2.39. The summed E-state index contributed by atoms with van der Waals surface area (Å²) >= 11 is 5.69. The molecule has 0 aromatic heterocycles. The van der Waals surface area contributed by atoms with Gasteiger partial charge < -0.3 is 4.90 Å². The van der Waals surface area contributed by atoms with E-state index in [1.807, 2.05) is 11.9 Å². The van der Waals surface area contributed by atoms with Crippen molar-refractivity contribution in [2.75, 3.05) is 26.7 Å². The summed E-state index contributed by atoms with van der Waals surface area (Å²) in [4.78, 5) is 1.18. The summed E-state index contributed by atoms with van der Waals surface area (Å²) in [5.41, 5.74) is -0.518. The Hall–Kier alpha value is -1.32. The quantitative estimate of drug-likeness (QED) is 0.687. The molecule has 2 aromatic rings. The van der Waals surface area contributed by atoms with Crippen molar-refractivity contribution in [1.82, 2.24) is 9.21 Å². The van der Waals surface area contributed by atoms with Crippen molar-refractivity contribution in [3.05, 3.63) is 64.7 Å². The van der Waals surface area contributed by atoms with Crippen LogP contribution in [0.4, 0.5) is 13.2 Å². The van der Waals surface area contributed by atoms with Gasteiger partial charge in [-0.2, -0.15) is 17.5 Å². The van der Waals surface area contributed by atoms with Gasteiger partial charge in [0.2, 0.25) is 10.0 Å². The Kier molecular flexibility index (Phi) is 7.04. The number of rotatable bonds is 3. The first-order valence-corrected chi connectivity index (χ1v) is 10.0. The molecule has 28 heavy (non-hydrogen) atoms. The summed E-state index contributed by atoms with van der Waals surface area (Å²) in [5.74, 6) is 0. The Labute approximate surface area is 173 Å². The van der Waals surface area contributed by atoms with Gasteiger partial charge in [0.25, 0.3) is 0 Å². The van der Waals surface area contributed by atoms with Gasteiger partial charge in [0.1, 0.15) is 0 Å². The van der Waals surface area contributed by atoms with Gasteiger partial charge in [0.05, 0.1) is 16.5 Å². The minimum Gasteiger partial charge on any atom is -0.303 e. The molecule has 3 rings (SSSR count). The zero-order valence-corrected chi connectivity index (χ0v) is 17.2. The predicted octanol–water partition coefficient (Wildman–Crippen LogP) is 4.46. The second-order valence-electron chi connectivity index (χ2n) is 6.44. The van der Waals surface area contributed by atoms with Crippen molar-refractivity contribution in [3.8, 4) is 0 Å². The van der Waals surface area contributed by atoms with Crippen molar-refractivity contribution in [2.24, 2.45) is 0 Å². The van der Waals surface area contributed by atoms with Gasteiger partial charge in [-0.3, -0.25) is 0 Å². The van der Waals surface area contributed by atoms with Crippen LogP contribution in [-0.4, -0.2) is 44.3 Å². The molecular formula is C18H19Cl2F3N2O2S. The average Bonchev–Trinajstić information content (AvgIpc) is 2.61. The van der Waals surface area contributed by atoms with Gasteiger partial charge in [0, 0.05) is 24.7 Å². The van der Waals surface area contributed by atoms with E-state index in [0.29, 0.717) is 19.2 Å². The molecule has 0 bridgehead atoms. The van der Waals surface area contributed by atoms with E-state index < -0.39 is 32.7 Å². The van der Waals surface area contributed by atoms with E-state index in [2.05, 4.69) is 0 Å². The van der Waals surface area contributed by atoms with Crippen LogP contribution in [0.5, 0.6) is 0 Å². The molecule has 2 aromatic carbocycles. The molecule has 0 radical (unpaired) electrons. The van der Waals surface area contributed by atoms with Gasteiger partial charge in [-0.05, 0) is 30.8 Å². The van der Waals surface area contributed by atoms with Crippen LogP contribution in [0.25, 0.3) is 0 Å². The van der Waals surface area contributed by atoms with Crippen molar-refractivity contribution < 1.29 is 21.6 Å². The Morgan fingerprint density at radius 1 is 1.07 bits per heavy atom. The van der Waals surface area contributed by atoms with Crippen LogP contribution in [0, 0.1) is 0 Å². The van der Waals surface area contributed by atoms with E-state index in [9.17, 15) is 21.6 Å². The fraction of sp³-hybridized carbons (Fsp3) is 0.333. The molecule has 1 heterocycles. The third-order valence-electron chi connectivity index (χ3n) is 4.55. The van der Waals surface area contributed by atoms with E-state index in [1.165, 1.54) is 0 Å². The van der Waals surface area contributed by atoms with Gasteiger partial charge in [-0.25, -0.2) is 8.42 Å². The van der Waals surface area contributed by atoms with Gasteiger partial charge in [-0.15, -0.1) is 12.4 Å². The Morgan fingerprint density at radius 3 is 2.32 bits per heavy atom. The fourth-order valence-electron chi connectivity index (χ4n) is 3.21. The maximum Gasteiger partial charge on any atom is 0.417 e. The van der Waals surface area contributed by atoms with Gasteiger partial charge in [-0.1, -0.05) is 41.9 Å². The summed E-state index contributed by atoms with van der Waals surface area (Å²) in [7, 11) is -2.53. The predicted molar refractivity (Wildman–Crippen MR) is 104 cm³/mol. The number of sulfonamides is 1. The van der Waals surface area contributed by atoms with Crippen molar-refractivity contribution in [1.29, 1.82) is 0 Å². The third-order valence-corrected chi connectivity index (χ3v) is 6.75. The number of halogens is 5. The lowest BCUT2D eigenvalue weighted by atomic mass is 10.1. The molecule has 1 saturated heterocycles. The Bertz CT molecular complexity index is 924. The van der Waals surface area contributed by atoms with E-state index >= 15 is 0 Å². The second-order valence-corrected chi connectivity index (χ2v) is 8.74. The topological polar surface area (TPSA) is 40.6 Å². The first kappa shape index (κ1) is 23.0. The maximum atomic E-state index is 13.5. The fourth-order valence-corrected chi connectivity index (χ4v) is 5.17. The van der Waals surface area contributed by atoms with E-state index in [-0.39, 0.29) is 24.0 Å².